The Morgan fingerprint density at radius 3 is 2.65 bits per heavy atom. The lowest BCUT2D eigenvalue weighted by Gasteiger charge is -2.12. The van der Waals surface area contributed by atoms with Crippen molar-refractivity contribution in [3.05, 3.63) is 52.8 Å². The Kier molecular flexibility index (Phi) is 3.87. The van der Waals surface area contributed by atoms with Crippen molar-refractivity contribution < 1.29 is 12.8 Å². The molecule has 0 unspecified atom stereocenters. The SMILES string of the molecule is Cc1ccc(N)cc1NS(=O)(=O)c1cccc(Cl)c1F. The molecule has 4 nitrogen and oxygen atoms in total. The van der Waals surface area contributed by atoms with Gasteiger partial charge < -0.3 is 5.73 Å². The van der Waals surface area contributed by atoms with Gasteiger partial charge >= 0.3 is 0 Å². The second-order valence-corrected chi connectivity index (χ2v) is 6.29. The number of halogens is 2. The molecular formula is C13H12ClFN2O2S. The van der Waals surface area contributed by atoms with Crippen molar-refractivity contribution in [2.75, 3.05) is 10.5 Å². The highest BCUT2D eigenvalue weighted by molar-refractivity contribution is 7.92. The topological polar surface area (TPSA) is 72.2 Å². The third-order valence-corrected chi connectivity index (χ3v) is 4.39. The zero-order valence-electron chi connectivity index (χ0n) is 10.5. The quantitative estimate of drug-likeness (QED) is 0.855. The molecule has 0 fully saturated rings. The van der Waals surface area contributed by atoms with Crippen LogP contribution in [0.1, 0.15) is 5.56 Å². The van der Waals surface area contributed by atoms with Gasteiger partial charge in [0.1, 0.15) is 4.90 Å². The first-order valence-electron chi connectivity index (χ1n) is 5.64. The third kappa shape index (κ3) is 2.86. The summed E-state index contributed by atoms with van der Waals surface area (Å²) in [4.78, 5) is -0.508. The Labute approximate surface area is 121 Å². The summed E-state index contributed by atoms with van der Waals surface area (Å²) >= 11 is 5.59. The van der Waals surface area contributed by atoms with Gasteiger partial charge in [-0.15, -0.1) is 0 Å². The van der Waals surface area contributed by atoms with E-state index in [1.165, 1.54) is 18.2 Å². The lowest BCUT2D eigenvalue weighted by Crippen LogP contribution is -2.15. The maximum atomic E-state index is 13.8. The summed E-state index contributed by atoms with van der Waals surface area (Å²) in [5.41, 5.74) is 6.98. The fraction of sp³-hybridized carbons (Fsp3) is 0.0769. The number of nitrogen functional groups attached to an aromatic ring is 1. The molecule has 2 rings (SSSR count). The lowest BCUT2D eigenvalue weighted by molar-refractivity contribution is 0.570. The minimum atomic E-state index is -4.07. The van der Waals surface area contributed by atoms with Crippen LogP contribution in [-0.4, -0.2) is 8.42 Å². The number of nitrogens with one attached hydrogen (secondary N) is 1. The first-order chi connectivity index (χ1) is 9.31. The molecule has 2 aromatic rings. The molecule has 2 aromatic carbocycles. The van der Waals surface area contributed by atoms with E-state index in [9.17, 15) is 12.8 Å². The molecule has 0 aliphatic carbocycles. The Hall–Kier alpha value is -1.79. The molecule has 7 heteroatoms. The number of hydrogen-bond donors (Lipinski definition) is 2. The minimum absolute atomic E-state index is 0.253. The van der Waals surface area contributed by atoms with Gasteiger partial charge in [0.2, 0.25) is 0 Å². The highest BCUT2D eigenvalue weighted by Crippen LogP contribution is 2.26. The molecule has 0 aromatic heterocycles. The van der Waals surface area contributed by atoms with Crippen LogP contribution in [0, 0.1) is 12.7 Å². The van der Waals surface area contributed by atoms with Crippen molar-refractivity contribution in [1.29, 1.82) is 0 Å². The van der Waals surface area contributed by atoms with E-state index >= 15 is 0 Å². The maximum Gasteiger partial charge on any atom is 0.264 e. The first-order valence-corrected chi connectivity index (χ1v) is 7.50. The van der Waals surface area contributed by atoms with E-state index in [0.29, 0.717) is 16.9 Å². The highest BCUT2D eigenvalue weighted by atomic mass is 35.5. The molecule has 0 amide bonds. The van der Waals surface area contributed by atoms with Crippen LogP contribution < -0.4 is 10.5 Å². The molecule has 3 N–H and O–H groups in total. The molecular weight excluding hydrogens is 303 g/mol. The monoisotopic (exact) mass is 314 g/mol. The van der Waals surface area contributed by atoms with Crippen LogP contribution in [0.25, 0.3) is 0 Å². The molecule has 0 bridgehead atoms. The van der Waals surface area contributed by atoms with Crippen molar-refractivity contribution >= 4 is 33.0 Å². The van der Waals surface area contributed by atoms with Crippen LogP contribution >= 0.6 is 11.6 Å². The minimum Gasteiger partial charge on any atom is -0.399 e. The predicted octanol–water partition coefficient (Wildman–Crippen LogP) is 3.17. The lowest BCUT2D eigenvalue weighted by atomic mass is 10.2. The second-order valence-electron chi connectivity index (χ2n) is 4.23. The Bertz CT molecular complexity index is 763. The van der Waals surface area contributed by atoms with Crippen LogP contribution in [0.3, 0.4) is 0 Å². The van der Waals surface area contributed by atoms with E-state index in [0.717, 1.165) is 6.07 Å². The van der Waals surface area contributed by atoms with Crippen molar-refractivity contribution in [2.24, 2.45) is 0 Å². The van der Waals surface area contributed by atoms with Crippen molar-refractivity contribution in [3.8, 4) is 0 Å². The van der Waals surface area contributed by atoms with Crippen LogP contribution in [0.4, 0.5) is 15.8 Å². The normalized spacial score (nSPS) is 11.3. The van der Waals surface area contributed by atoms with Crippen molar-refractivity contribution in [2.45, 2.75) is 11.8 Å². The van der Waals surface area contributed by atoms with Gasteiger partial charge in [-0.1, -0.05) is 23.7 Å². The zero-order chi connectivity index (χ0) is 14.9. The Morgan fingerprint density at radius 1 is 1.25 bits per heavy atom. The fourth-order valence-corrected chi connectivity index (χ4v) is 3.09. The summed E-state index contributed by atoms with van der Waals surface area (Å²) in [6, 6.07) is 8.57. The van der Waals surface area contributed by atoms with Crippen molar-refractivity contribution in [1.82, 2.24) is 0 Å². The standard InChI is InChI=1S/C13H12ClFN2O2S/c1-8-5-6-9(16)7-11(8)17-20(18,19)12-4-2-3-10(14)13(12)15/h2-7,17H,16H2,1H3. The molecule has 0 aliphatic rings. The van der Waals surface area contributed by atoms with Gasteiger partial charge in [0, 0.05) is 5.69 Å². The van der Waals surface area contributed by atoms with E-state index in [1.807, 2.05) is 0 Å². The number of nitrogens with two attached hydrogens (primary N) is 1. The molecule has 0 spiro atoms. The summed E-state index contributed by atoms with van der Waals surface area (Å²) in [6.07, 6.45) is 0. The second kappa shape index (κ2) is 5.30. The zero-order valence-corrected chi connectivity index (χ0v) is 12.1. The summed E-state index contributed by atoms with van der Waals surface area (Å²) in [5, 5.41) is -0.253. The van der Waals surface area contributed by atoms with Crippen LogP contribution in [0.2, 0.25) is 5.02 Å². The van der Waals surface area contributed by atoms with Crippen LogP contribution in [-0.2, 0) is 10.0 Å². The Morgan fingerprint density at radius 2 is 1.95 bits per heavy atom. The molecule has 0 radical (unpaired) electrons. The van der Waals surface area contributed by atoms with Crippen molar-refractivity contribution in [3.63, 3.8) is 0 Å². The number of anilines is 2. The van der Waals surface area contributed by atoms with E-state index in [-0.39, 0.29) is 5.02 Å². The highest BCUT2D eigenvalue weighted by Gasteiger charge is 2.21. The molecule has 0 heterocycles. The van der Waals surface area contributed by atoms with E-state index < -0.39 is 20.7 Å². The average Bonchev–Trinajstić information content (AvgIpc) is 2.36. The van der Waals surface area contributed by atoms with E-state index in [4.69, 9.17) is 17.3 Å². The molecule has 0 atom stereocenters. The summed E-state index contributed by atoms with van der Waals surface area (Å²) in [5.74, 6) is -0.983. The number of aryl methyl sites for hydroxylation is 1. The third-order valence-electron chi connectivity index (χ3n) is 2.71. The first kappa shape index (κ1) is 14.6. The average molecular weight is 315 g/mol. The predicted molar refractivity (Wildman–Crippen MR) is 77.8 cm³/mol. The molecule has 0 saturated carbocycles. The summed E-state index contributed by atoms with van der Waals surface area (Å²) < 4.78 is 40.5. The number of hydrogen-bond acceptors (Lipinski definition) is 3. The Balaban J connectivity index is 2.46. The van der Waals surface area contributed by atoms with Gasteiger partial charge in [-0.05, 0) is 36.8 Å². The van der Waals surface area contributed by atoms with Gasteiger partial charge in [0.05, 0.1) is 10.7 Å². The van der Waals surface area contributed by atoms with Crippen LogP contribution in [0.5, 0.6) is 0 Å². The molecule has 0 aliphatic heterocycles. The van der Waals surface area contributed by atoms with Gasteiger partial charge in [0.25, 0.3) is 10.0 Å². The molecule has 0 saturated heterocycles. The van der Waals surface area contributed by atoms with Gasteiger partial charge in [-0.3, -0.25) is 4.72 Å². The molecule has 106 valence electrons. The van der Waals surface area contributed by atoms with Crippen LogP contribution in [0.15, 0.2) is 41.3 Å². The van der Waals surface area contributed by atoms with E-state index in [2.05, 4.69) is 4.72 Å². The molecule has 20 heavy (non-hydrogen) atoms. The maximum absolute atomic E-state index is 13.8. The van der Waals surface area contributed by atoms with Gasteiger partial charge in [0.15, 0.2) is 5.82 Å². The number of sulfonamides is 1. The smallest absolute Gasteiger partial charge is 0.264 e. The number of rotatable bonds is 3. The van der Waals surface area contributed by atoms with Gasteiger partial charge in [-0.25, -0.2) is 12.8 Å². The fourth-order valence-electron chi connectivity index (χ4n) is 1.64. The van der Waals surface area contributed by atoms with Gasteiger partial charge in [-0.2, -0.15) is 0 Å². The van der Waals surface area contributed by atoms with E-state index in [1.54, 1.807) is 19.1 Å². The number of benzene rings is 2. The largest absolute Gasteiger partial charge is 0.399 e. The summed E-state index contributed by atoms with van der Waals surface area (Å²) in [7, 11) is -4.07. The summed E-state index contributed by atoms with van der Waals surface area (Å²) in [6.45, 7) is 1.71.